The van der Waals surface area contributed by atoms with Crippen molar-refractivity contribution in [1.82, 2.24) is 4.90 Å². The number of nitrogens with zero attached hydrogens (tertiary/aromatic N) is 1. The molecule has 1 saturated heterocycles. The molecule has 2 aliphatic heterocycles. The number of rotatable bonds is 9. The summed E-state index contributed by atoms with van der Waals surface area (Å²) >= 11 is 1.61. The quantitative estimate of drug-likeness (QED) is 0.206. The number of hydrogen-bond donors (Lipinski definition) is 0. The normalized spacial score (nSPS) is 19.6. The summed E-state index contributed by atoms with van der Waals surface area (Å²) in [4.78, 5) is 41.1. The van der Waals surface area contributed by atoms with Crippen LogP contribution in [-0.2, 0) is 29.2 Å². The SMILES string of the molecule is CC(C)(C)c1ccc(C(=O)CCCN2CCC(OC(c3ccccc3)c3cccs3)CC23OC(=O)C=CC(=O)O3)cc1. The van der Waals surface area contributed by atoms with E-state index in [1.807, 2.05) is 77.0 Å². The topological polar surface area (TPSA) is 82.1 Å². The van der Waals surface area contributed by atoms with Crippen LogP contribution in [0.25, 0.3) is 0 Å². The average molecular weight is 588 g/mol. The summed E-state index contributed by atoms with van der Waals surface area (Å²) in [5, 5.41) is 2.01. The van der Waals surface area contributed by atoms with E-state index >= 15 is 0 Å². The van der Waals surface area contributed by atoms with Gasteiger partial charge in [0.2, 0.25) is 0 Å². The highest BCUT2D eigenvalue weighted by molar-refractivity contribution is 7.10. The van der Waals surface area contributed by atoms with Gasteiger partial charge in [-0.3, -0.25) is 4.79 Å². The summed E-state index contributed by atoms with van der Waals surface area (Å²) in [6.45, 7) is 7.29. The molecule has 0 aliphatic carbocycles. The van der Waals surface area contributed by atoms with Crippen molar-refractivity contribution in [2.75, 3.05) is 13.1 Å². The largest absolute Gasteiger partial charge is 0.405 e. The number of Topliss-reactive ketones (excluding diaryl/α,β-unsaturated/α-hetero) is 1. The van der Waals surface area contributed by atoms with Gasteiger partial charge in [-0.1, -0.05) is 81.4 Å². The molecule has 8 heteroatoms. The van der Waals surface area contributed by atoms with Gasteiger partial charge in [-0.2, -0.15) is 0 Å². The van der Waals surface area contributed by atoms with Crippen molar-refractivity contribution >= 4 is 29.1 Å². The Labute approximate surface area is 251 Å². The highest BCUT2D eigenvalue weighted by atomic mass is 32.1. The second-order valence-corrected chi connectivity index (χ2v) is 12.8. The van der Waals surface area contributed by atoms with Gasteiger partial charge in [0.1, 0.15) is 6.10 Å². The second kappa shape index (κ2) is 12.7. The molecule has 2 aliphatic rings. The predicted molar refractivity (Wildman–Crippen MR) is 161 cm³/mol. The van der Waals surface area contributed by atoms with E-state index in [0.717, 1.165) is 22.6 Å². The lowest BCUT2D eigenvalue weighted by Crippen LogP contribution is -2.60. The van der Waals surface area contributed by atoms with Gasteiger partial charge in [-0.25, -0.2) is 14.5 Å². The number of likely N-dealkylation sites (tertiary alicyclic amines) is 1. The van der Waals surface area contributed by atoms with Gasteiger partial charge in [-0.05, 0) is 40.8 Å². The van der Waals surface area contributed by atoms with Crippen LogP contribution in [0.5, 0.6) is 0 Å². The Morgan fingerprint density at radius 2 is 1.69 bits per heavy atom. The van der Waals surface area contributed by atoms with E-state index in [1.54, 1.807) is 11.3 Å². The Morgan fingerprint density at radius 1 is 1.00 bits per heavy atom. The van der Waals surface area contributed by atoms with Crippen LogP contribution < -0.4 is 0 Å². The van der Waals surface area contributed by atoms with Gasteiger partial charge in [0.25, 0.3) is 0 Å². The van der Waals surface area contributed by atoms with Crippen molar-refractivity contribution in [3.05, 3.63) is 106 Å². The van der Waals surface area contributed by atoms with E-state index in [4.69, 9.17) is 14.2 Å². The molecule has 0 saturated carbocycles. The summed E-state index contributed by atoms with van der Waals surface area (Å²) in [6.07, 6.45) is 3.14. The number of thiophene rings is 1. The minimum absolute atomic E-state index is 0.0129. The zero-order valence-corrected chi connectivity index (χ0v) is 25.1. The summed E-state index contributed by atoms with van der Waals surface area (Å²) in [5.74, 6) is -2.88. The third kappa shape index (κ3) is 7.06. The second-order valence-electron chi connectivity index (χ2n) is 11.8. The van der Waals surface area contributed by atoms with Crippen LogP contribution in [0, 0.1) is 0 Å². The first kappa shape index (κ1) is 29.9. The standard InChI is InChI=1S/C34H37NO6S/c1-33(2,3)26-15-13-24(14-16-26)28(36)11-7-20-35-21-19-27(23-34(35)40-30(37)17-18-31(38)41-34)39-32(29-12-8-22-42-29)25-9-5-4-6-10-25/h4-6,8-10,12-18,22,27,32H,7,11,19-21,23H2,1-3H3. The minimum atomic E-state index is -1.62. The number of carbonyl (C=O) groups is 3. The summed E-state index contributed by atoms with van der Waals surface area (Å²) in [6, 6.07) is 21.8. The van der Waals surface area contributed by atoms with Crippen molar-refractivity contribution in [3.63, 3.8) is 0 Å². The van der Waals surface area contributed by atoms with Crippen LogP contribution in [0.1, 0.15) is 78.9 Å². The molecular weight excluding hydrogens is 550 g/mol. The van der Waals surface area contributed by atoms with E-state index in [1.165, 1.54) is 5.56 Å². The first-order chi connectivity index (χ1) is 20.1. The first-order valence-corrected chi connectivity index (χ1v) is 15.3. The fourth-order valence-electron chi connectivity index (χ4n) is 5.44. The van der Waals surface area contributed by atoms with E-state index in [0.29, 0.717) is 37.9 Å². The van der Waals surface area contributed by atoms with Gasteiger partial charge in [-0.15, -0.1) is 11.3 Å². The monoisotopic (exact) mass is 587 g/mol. The maximum atomic E-state index is 13.0. The zero-order valence-electron chi connectivity index (χ0n) is 24.3. The predicted octanol–water partition coefficient (Wildman–Crippen LogP) is 6.59. The third-order valence-electron chi connectivity index (χ3n) is 7.70. The molecule has 1 spiro atoms. The maximum absolute atomic E-state index is 13.0. The van der Waals surface area contributed by atoms with Crippen molar-refractivity contribution in [2.45, 2.75) is 70.0 Å². The van der Waals surface area contributed by atoms with Crippen LogP contribution in [0.2, 0.25) is 0 Å². The number of esters is 2. The van der Waals surface area contributed by atoms with Crippen LogP contribution in [-0.4, -0.2) is 47.7 Å². The van der Waals surface area contributed by atoms with E-state index in [9.17, 15) is 14.4 Å². The molecule has 0 amide bonds. The average Bonchev–Trinajstić information content (AvgIpc) is 3.46. The van der Waals surface area contributed by atoms with E-state index in [-0.39, 0.29) is 29.8 Å². The number of ketones is 1. The Morgan fingerprint density at radius 3 is 2.31 bits per heavy atom. The first-order valence-electron chi connectivity index (χ1n) is 14.4. The molecule has 2 aromatic carbocycles. The molecule has 2 atom stereocenters. The molecule has 7 nitrogen and oxygen atoms in total. The Bertz CT molecular complexity index is 1390. The summed E-state index contributed by atoms with van der Waals surface area (Å²) in [5.41, 5.74) is 2.87. The lowest BCUT2D eigenvalue weighted by Gasteiger charge is -2.46. The lowest BCUT2D eigenvalue weighted by molar-refractivity contribution is -0.307. The van der Waals surface area contributed by atoms with Crippen LogP contribution in [0.15, 0.2) is 84.3 Å². The molecule has 2 unspecified atom stereocenters. The van der Waals surface area contributed by atoms with Gasteiger partial charge < -0.3 is 14.2 Å². The smallest absolute Gasteiger partial charge is 0.335 e. The Hall–Kier alpha value is -3.59. The van der Waals surface area contributed by atoms with Crippen molar-refractivity contribution in [3.8, 4) is 0 Å². The molecule has 220 valence electrons. The minimum Gasteiger partial charge on any atom is -0.405 e. The molecule has 42 heavy (non-hydrogen) atoms. The maximum Gasteiger partial charge on any atom is 0.335 e. The molecule has 0 N–H and O–H groups in total. The fourth-order valence-corrected chi connectivity index (χ4v) is 6.23. The highest BCUT2D eigenvalue weighted by Crippen LogP contribution is 2.39. The molecule has 5 rings (SSSR count). The van der Waals surface area contributed by atoms with E-state index < -0.39 is 17.8 Å². The molecule has 3 aromatic rings. The molecule has 1 fully saturated rings. The molecule has 1 aromatic heterocycles. The zero-order chi connectivity index (χ0) is 29.7. The molecular formula is C34H37NO6S. The third-order valence-corrected chi connectivity index (χ3v) is 8.62. The highest BCUT2D eigenvalue weighted by Gasteiger charge is 2.50. The van der Waals surface area contributed by atoms with Crippen molar-refractivity contribution in [1.29, 1.82) is 0 Å². The van der Waals surface area contributed by atoms with Crippen LogP contribution in [0.3, 0.4) is 0 Å². The van der Waals surface area contributed by atoms with E-state index in [2.05, 4.69) is 20.8 Å². The van der Waals surface area contributed by atoms with Gasteiger partial charge in [0.05, 0.1) is 12.5 Å². The number of piperidine rings is 1. The molecule has 0 radical (unpaired) electrons. The van der Waals surface area contributed by atoms with Gasteiger partial charge >= 0.3 is 17.8 Å². The van der Waals surface area contributed by atoms with Crippen LogP contribution >= 0.6 is 11.3 Å². The lowest BCUT2D eigenvalue weighted by atomic mass is 9.86. The fraction of sp³-hybridized carbons (Fsp3) is 0.382. The Kier molecular flexibility index (Phi) is 9.06. The molecule has 3 heterocycles. The summed E-state index contributed by atoms with van der Waals surface area (Å²) in [7, 11) is 0. The number of ether oxygens (including phenoxy) is 3. The number of carbonyl (C=O) groups excluding carboxylic acids is 3. The Balaban J connectivity index is 1.29. The number of hydrogen-bond acceptors (Lipinski definition) is 8. The van der Waals surface area contributed by atoms with Crippen molar-refractivity contribution in [2.24, 2.45) is 0 Å². The van der Waals surface area contributed by atoms with Crippen molar-refractivity contribution < 1.29 is 28.6 Å². The van der Waals surface area contributed by atoms with Gasteiger partial charge in [0.15, 0.2) is 5.78 Å². The van der Waals surface area contributed by atoms with Crippen LogP contribution in [0.4, 0.5) is 0 Å². The summed E-state index contributed by atoms with van der Waals surface area (Å²) < 4.78 is 18.3. The van der Waals surface area contributed by atoms with Gasteiger partial charge in [0, 0.05) is 42.1 Å². The number of benzene rings is 2. The molecule has 0 bridgehead atoms.